The summed E-state index contributed by atoms with van der Waals surface area (Å²) < 4.78 is 10.5. The summed E-state index contributed by atoms with van der Waals surface area (Å²) in [5, 5.41) is 3.48. The Bertz CT molecular complexity index is 784. The Hall–Kier alpha value is -2.46. The molecule has 0 saturated heterocycles. The number of ketones is 1. The summed E-state index contributed by atoms with van der Waals surface area (Å²) in [5.41, 5.74) is 3.55. The highest BCUT2D eigenvalue weighted by Gasteiger charge is 2.09. The van der Waals surface area contributed by atoms with E-state index in [9.17, 15) is 4.79 Å². The maximum atomic E-state index is 12.2. The number of halogens is 1. The van der Waals surface area contributed by atoms with Gasteiger partial charge in [0.2, 0.25) is 0 Å². The monoisotopic (exact) mass is 345 g/mol. The minimum Gasteiger partial charge on any atom is -0.495 e. The first kappa shape index (κ1) is 17.9. The average molecular weight is 346 g/mol. The maximum absolute atomic E-state index is 12.2. The molecule has 0 aliphatic heterocycles. The number of benzene rings is 2. The Labute approximate surface area is 147 Å². The van der Waals surface area contributed by atoms with Crippen molar-refractivity contribution in [1.29, 1.82) is 0 Å². The van der Waals surface area contributed by atoms with Crippen molar-refractivity contribution in [2.24, 2.45) is 0 Å². The summed E-state index contributed by atoms with van der Waals surface area (Å²) in [5.74, 6) is 1.00. The maximum Gasteiger partial charge on any atom is 0.187 e. The molecule has 24 heavy (non-hydrogen) atoms. The molecular formula is C19H20ClNO3. The smallest absolute Gasteiger partial charge is 0.187 e. The van der Waals surface area contributed by atoms with Crippen molar-refractivity contribution in [2.75, 3.05) is 19.5 Å². The van der Waals surface area contributed by atoms with Gasteiger partial charge in [0.15, 0.2) is 5.78 Å². The van der Waals surface area contributed by atoms with Crippen LogP contribution in [0.25, 0.3) is 0 Å². The van der Waals surface area contributed by atoms with Crippen LogP contribution in [0.2, 0.25) is 5.02 Å². The number of anilines is 1. The number of methoxy groups -OCH3 is 2. The van der Waals surface area contributed by atoms with Crippen LogP contribution in [0.3, 0.4) is 0 Å². The number of carbonyl (C=O) groups excluding carboxylic acids is 1. The highest BCUT2D eigenvalue weighted by atomic mass is 35.5. The van der Waals surface area contributed by atoms with Crippen LogP contribution in [0, 0.1) is 13.8 Å². The zero-order valence-electron chi connectivity index (χ0n) is 14.1. The Morgan fingerprint density at radius 2 is 1.75 bits per heavy atom. The van der Waals surface area contributed by atoms with E-state index >= 15 is 0 Å². The zero-order valence-corrected chi connectivity index (χ0v) is 14.9. The van der Waals surface area contributed by atoms with Crippen molar-refractivity contribution in [1.82, 2.24) is 0 Å². The third kappa shape index (κ3) is 4.09. The molecule has 0 amide bonds. The van der Waals surface area contributed by atoms with Crippen molar-refractivity contribution in [2.45, 2.75) is 13.8 Å². The molecule has 1 N–H and O–H groups in total. The van der Waals surface area contributed by atoms with Crippen LogP contribution in [0.15, 0.2) is 42.6 Å². The van der Waals surface area contributed by atoms with Gasteiger partial charge in [0.1, 0.15) is 11.5 Å². The van der Waals surface area contributed by atoms with Gasteiger partial charge < -0.3 is 14.8 Å². The lowest BCUT2D eigenvalue weighted by Crippen LogP contribution is -1.99. The van der Waals surface area contributed by atoms with E-state index in [1.807, 2.05) is 32.0 Å². The number of nitrogens with one attached hydrogen (secondary N) is 1. The quantitative estimate of drug-likeness (QED) is 0.604. The Morgan fingerprint density at radius 3 is 2.38 bits per heavy atom. The highest BCUT2D eigenvalue weighted by molar-refractivity contribution is 6.32. The predicted octanol–water partition coefficient (Wildman–Crippen LogP) is 4.78. The largest absolute Gasteiger partial charge is 0.495 e. The second kappa shape index (κ2) is 7.88. The Kier molecular flexibility index (Phi) is 5.88. The summed E-state index contributed by atoms with van der Waals surface area (Å²) in [4.78, 5) is 12.2. The standard InChI is InChI=1S/C19H20ClNO3/c1-12-5-6-14(9-13(12)2)17(22)7-8-21-16-11-18(23-3)15(20)10-19(16)24-4/h5-11,21H,1-4H3/b8-7+. The van der Waals surface area contributed by atoms with Gasteiger partial charge in [0, 0.05) is 30.0 Å². The van der Waals surface area contributed by atoms with E-state index in [0.717, 1.165) is 11.1 Å². The van der Waals surface area contributed by atoms with Crippen molar-refractivity contribution < 1.29 is 14.3 Å². The lowest BCUT2D eigenvalue weighted by atomic mass is 10.0. The van der Waals surface area contributed by atoms with E-state index in [0.29, 0.717) is 27.8 Å². The summed E-state index contributed by atoms with van der Waals surface area (Å²) in [6, 6.07) is 9.01. The lowest BCUT2D eigenvalue weighted by Gasteiger charge is -2.11. The van der Waals surface area contributed by atoms with Gasteiger partial charge in [-0.15, -0.1) is 0 Å². The van der Waals surface area contributed by atoms with E-state index in [1.165, 1.54) is 13.2 Å². The van der Waals surface area contributed by atoms with Crippen LogP contribution in [0.5, 0.6) is 11.5 Å². The molecule has 2 rings (SSSR count). The van der Waals surface area contributed by atoms with Crippen molar-refractivity contribution >= 4 is 23.1 Å². The molecule has 2 aromatic carbocycles. The molecule has 2 aromatic rings. The number of aryl methyl sites for hydroxylation is 2. The van der Waals surface area contributed by atoms with Crippen molar-refractivity contribution in [3.8, 4) is 11.5 Å². The molecular weight excluding hydrogens is 326 g/mol. The average Bonchev–Trinajstić information content (AvgIpc) is 2.57. The molecule has 0 aromatic heterocycles. The SMILES string of the molecule is COc1cc(N/C=C/C(=O)c2ccc(C)c(C)c2)c(OC)cc1Cl. The van der Waals surface area contributed by atoms with Crippen molar-refractivity contribution in [3.05, 3.63) is 64.3 Å². The molecule has 0 fully saturated rings. The predicted molar refractivity (Wildman–Crippen MR) is 97.6 cm³/mol. The van der Waals surface area contributed by atoms with Crippen molar-refractivity contribution in [3.63, 3.8) is 0 Å². The lowest BCUT2D eigenvalue weighted by molar-refractivity contribution is 0.104. The van der Waals surface area contributed by atoms with Gasteiger partial charge in [0.05, 0.1) is 24.9 Å². The second-order valence-corrected chi connectivity index (χ2v) is 5.74. The van der Waals surface area contributed by atoms with Gasteiger partial charge in [-0.25, -0.2) is 0 Å². The second-order valence-electron chi connectivity index (χ2n) is 5.33. The molecule has 0 aliphatic carbocycles. The minimum atomic E-state index is -0.0782. The van der Waals surface area contributed by atoms with Crippen LogP contribution in [0.4, 0.5) is 5.69 Å². The highest BCUT2D eigenvalue weighted by Crippen LogP contribution is 2.35. The fourth-order valence-electron chi connectivity index (χ4n) is 2.17. The van der Waals surface area contributed by atoms with Crippen LogP contribution in [0.1, 0.15) is 21.5 Å². The van der Waals surface area contributed by atoms with E-state index in [-0.39, 0.29) is 5.78 Å². The van der Waals surface area contributed by atoms with E-state index in [4.69, 9.17) is 21.1 Å². The first-order valence-corrected chi connectivity index (χ1v) is 7.80. The van der Waals surface area contributed by atoms with Gasteiger partial charge in [-0.1, -0.05) is 23.7 Å². The van der Waals surface area contributed by atoms with Crippen LogP contribution in [-0.2, 0) is 0 Å². The van der Waals surface area contributed by atoms with Crippen LogP contribution in [-0.4, -0.2) is 20.0 Å². The molecule has 0 atom stereocenters. The minimum absolute atomic E-state index is 0.0782. The van der Waals surface area contributed by atoms with Gasteiger partial charge >= 0.3 is 0 Å². The summed E-state index contributed by atoms with van der Waals surface area (Å²) in [6.07, 6.45) is 3.05. The van der Waals surface area contributed by atoms with E-state index in [2.05, 4.69) is 5.32 Å². The molecule has 0 unspecified atom stereocenters. The molecule has 0 aliphatic rings. The third-order valence-corrected chi connectivity index (χ3v) is 4.03. The first-order chi connectivity index (χ1) is 11.5. The summed E-state index contributed by atoms with van der Waals surface area (Å²) in [6.45, 7) is 4.00. The summed E-state index contributed by atoms with van der Waals surface area (Å²) >= 11 is 6.07. The topological polar surface area (TPSA) is 47.6 Å². The summed E-state index contributed by atoms with van der Waals surface area (Å²) in [7, 11) is 3.09. The van der Waals surface area contributed by atoms with Gasteiger partial charge in [-0.3, -0.25) is 4.79 Å². The molecule has 0 saturated carbocycles. The number of hydrogen-bond donors (Lipinski definition) is 1. The molecule has 0 bridgehead atoms. The van der Waals surface area contributed by atoms with Crippen LogP contribution < -0.4 is 14.8 Å². The fraction of sp³-hybridized carbons (Fsp3) is 0.211. The number of ether oxygens (including phenoxy) is 2. The Morgan fingerprint density at radius 1 is 1.04 bits per heavy atom. The van der Waals surface area contributed by atoms with Gasteiger partial charge in [-0.05, 0) is 31.0 Å². The number of rotatable bonds is 6. The number of hydrogen-bond acceptors (Lipinski definition) is 4. The Balaban J connectivity index is 2.16. The molecule has 0 radical (unpaired) electrons. The van der Waals surface area contributed by atoms with Gasteiger partial charge in [0.25, 0.3) is 0 Å². The van der Waals surface area contributed by atoms with Crippen LogP contribution >= 0.6 is 11.6 Å². The van der Waals surface area contributed by atoms with E-state index < -0.39 is 0 Å². The third-order valence-electron chi connectivity index (χ3n) is 3.74. The normalized spacial score (nSPS) is 10.7. The molecule has 126 valence electrons. The zero-order chi connectivity index (χ0) is 17.7. The molecule has 5 heteroatoms. The number of carbonyl (C=O) groups is 1. The fourth-order valence-corrected chi connectivity index (χ4v) is 2.40. The molecule has 0 heterocycles. The van der Waals surface area contributed by atoms with Gasteiger partial charge in [-0.2, -0.15) is 0 Å². The molecule has 0 spiro atoms. The molecule has 4 nitrogen and oxygen atoms in total. The first-order valence-electron chi connectivity index (χ1n) is 7.42. The number of allylic oxidation sites excluding steroid dienone is 1. The van der Waals surface area contributed by atoms with E-state index in [1.54, 1.807) is 25.4 Å².